The zero-order chi connectivity index (χ0) is 29.3. The van der Waals surface area contributed by atoms with Gasteiger partial charge >= 0.3 is 6.01 Å². The Morgan fingerprint density at radius 2 is 2.05 bits per heavy atom. The lowest BCUT2D eigenvalue weighted by molar-refractivity contribution is 0.107. The van der Waals surface area contributed by atoms with E-state index in [4.69, 9.17) is 11.2 Å². The molecular weight excluding hydrogens is 550 g/mol. The molecule has 4 heterocycles. The van der Waals surface area contributed by atoms with Crippen LogP contribution in [-0.2, 0) is 0 Å². The number of aromatic hydroxyl groups is 1. The molecule has 2 saturated heterocycles. The zero-order valence-electron chi connectivity index (χ0n) is 22.7. The summed E-state index contributed by atoms with van der Waals surface area (Å²) >= 11 is 0. The van der Waals surface area contributed by atoms with Gasteiger partial charge in [0, 0.05) is 43.6 Å². The second kappa shape index (κ2) is 9.70. The number of hydrogen-bond donors (Lipinski definition) is 1. The molecule has 0 bridgehead atoms. The fourth-order valence-corrected chi connectivity index (χ4v) is 6.65. The van der Waals surface area contributed by atoms with Gasteiger partial charge in [-0.15, -0.1) is 6.42 Å². The average Bonchev–Trinajstić information content (AvgIpc) is 3.45. The van der Waals surface area contributed by atoms with E-state index >= 15 is 4.39 Å². The molecule has 0 unspecified atom stereocenters. The van der Waals surface area contributed by atoms with Gasteiger partial charge in [-0.05, 0) is 43.0 Å². The molecule has 11 heteroatoms. The maximum atomic E-state index is 16.5. The van der Waals surface area contributed by atoms with Gasteiger partial charge in [-0.1, -0.05) is 12.0 Å². The maximum absolute atomic E-state index is 16.5. The van der Waals surface area contributed by atoms with E-state index in [0.717, 1.165) is 19.4 Å². The van der Waals surface area contributed by atoms with Crippen LogP contribution in [0.5, 0.6) is 11.8 Å². The van der Waals surface area contributed by atoms with Crippen LogP contribution in [0.2, 0.25) is 0 Å². The van der Waals surface area contributed by atoms with Crippen molar-refractivity contribution in [3.63, 3.8) is 0 Å². The van der Waals surface area contributed by atoms with Crippen LogP contribution in [0.25, 0.3) is 32.9 Å². The van der Waals surface area contributed by atoms with Crippen LogP contribution in [0.15, 0.2) is 30.5 Å². The lowest BCUT2D eigenvalue weighted by Crippen LogP contribution is -2.43. The van der Waals surface area contributed by atoms with Crippen LogP contribution >= 0.6 is 0 Å². The third-order valence-corrected chi connectivity index (χ3v) is 8.84. The summed E-state index contributed by atoms with van der Waals surface area (Å²) in [5.41, 5.74) is -0.854. The number of rotatable bonds is 6. The van der Waals surface area contributed by atoms with Crippen LogP contribution < -0.4 is 9.64 Å². The van der Waals surface area contributed by atoms with E-state index in [1.54, 1.807) is 11.9 Å². The predicted octanol–water partition coefficient (Wildman–Crippen LogP) is 5.31. The van der Waals surface area contributed by atoms with Crippen LogP contribution in [0.1, 0.15) is 31.2 Å². The van der Waals surface area contributed by atoms with Crippen molar-refractivity contribution in [2.45, 2.75) is 49.6 Å². The number of halogens is 4. The number of terminal acetylenes is 1. The number of hydrogen-bond acceptors (Lipinski definition) is 7. The fraction of sp³-hybridized carbons (Fsp3) is 0.387. The number of alkyl halides is 2. The minimum atomic E-state index is -1.05. The Hall–Kier alpha value is -4.17. The Balaban J connectivity index is 1.38. The Labute approximate surface area is 239 Å². The molecule has 7 nitrogen and oxygen atoms in total. The van der Waals surface area contributed by atoms with Crippen molar-refractivity contribution >= 4 is 27.5 Å². The first-order valence-electron chi connectivity index (χ1n) is 13.9. The fourth-order valence-electron chi connectivity index (χ4n) is 6.65. The van der Waals surface area contributed by atoms with E-state index in [0.29, 0.717) is 24.8 Å². The lowest BCUT2D eigenvalue weighted by Gasteiger charge is -2.31. The molecule has 2 aromatic carbocycles. The molecule has 0 amide bonds. The number of pyridine rings is 1. The minimum absolute atomic E-state index is 0.0827. The monoisotopic (exact) mass is 577 g/mol. The summed E-state index contributed by atoms with van der Waals surface area (Å²) in [6.45, 7) is 1.24. The predicted molar refractivity (Wildman–Crippen MR) is 150 cm³/mol. The van der Waals surface area contributed by atoms with Gasteiger partial charge in [-0.3, -0.25) is 9.88 Å². The molecule has 0 radical (unpaired) electrons. The molecule has 4 atom stereocenters. The van der Waals surface area contributed by atoms with Gasteiger partial charge in [-0.2, -0.15) is 9.97 Å². The molecular formula is C31H27F4N5O2. The summed E-state index contributed by atoms with van der Waals surface area (Å²) in [6, 6.07) is 4.72. The highest BCUT2D eigenvalue weighted by molar-refractivity contribution is 6.03. The number of anilines is 1. The lowest BCUT2D eigenvalue weighted by atomic mass is 9.95. The molecule has 0 spiro atoms. The normalized spacial score (nSPS) is 25.1. The maximum Gasteiger partial charge on any atom is 0.319 e. The number of nitrogens with zero attached hydrogens (tertiary/aromatic N) is 5. The van der Waals surface area contributed by atoms with Crippen molar-refractivity contribution in [2.24, 2.45) is 0 Å². The summed E-state index contributed by atoms with van der Waals surface area (Å²) in [5, 5.41) is 11.3. The zero-order valence-corrected chi connectivity index (χ0v) is 22.7. The van der Waals surface area contributed by atoms with E-state index in [2.05, 4.69) is 25.8 Å². The van der Waals surface area contributed by atoms with Crippen LogP contribution in [-0.4, -0.2) is 75.6 Å². The first kappa shape index (κ1) is 26.7. The highest BCUT2D eigenvalue weighted by atomic mass is 19.1. The van der Waals surface area contributed by atoms with Crippen LogP contribution in [0.4, 0.5) is 23.4 Å². The molecule has 216 valence electrons. The Bertz CT molecular complexity index is 1800. The van der Waals surface area contributed by atoms with Crippen molar-refractivity contribution in [3.05, 3.63) is 47.7 Å². The number of phenols is 1. The smallest absolute Gasteiger partial charge is 0.319 e. The van der Waals surface area contributed by atoms with Gasteiger partial charge < -0.3 is 14.7 Å². The summed E-state index contributed by atoms with van der Waals surface area (Å²) < 4.78 is 65.6. The minimum Gasteiger partial charge on any atom is -0.508 e. The summed E-state index contributed by atoms with van der Waals surface area (Å²) in [6.07, 6.45) is 7.29. The van der Waals surface area contributed by atoms with Gasteiger partial charge in [0.25, 0.3) is 0 Å². The van der Waals surface area contributed by atoms with Crippen molar-refractivity contribution in [1.82, 2.24) is 19.9 Å². The molecule has 3 fully saturated rings. The molecule has 2 aromatic heterocycles. The van der Waals surface area contributed by atoms with Crippen molar-refractivity contribution in [1.29, 1.82) is 0 Å². The Morgan fingerprint density at radius 1 is 1.24 bits per heavy atom. The third-order valence-electron chi connectivity index (χ3n) is 8.84. The van der Waals surface area contributed by atoms with Gasteiger partial charge in [-0.25, -0.2) is 17.6 Å². The summed E-state index contributed by atoms with van der Waals surface area (Å²) in [4.78, 5) is 17.0. The topological polar surface area (TPSA) is 74.6 Å². The van der Waals surface area contributed by atoms with Crippen LogP contribution in [0, 0.1) is 24.0 Å². The molecule has 1 N–H and O–H groups in total. The average molecular weight is 578 g/mol. The largest absolute Gasteiger partial charge is 0.508 e. The second-order valence-corrected chi connectivity index (χ2v) is 11.5. The first-order chi connectivity index (χ1) is 20.2. The third kappa shape index (κ3) is 4.19. The Kier molecular flexibility index (Phi) is 6.17. The number of fused-ring (bicyclic) bond motifs is 3. The molecule has 1 aliphatic carbocycles. The number of phenolic OH excluding ortho intramolecular Hbond substituents is 1. The number of ether oxygens (including phenoxy) is 1. The van der Waals surface area contributed by atoms with E-state index in [-0.39, 0.29) is 57.3 Å². The first-order valence-corrected chi connectivity index (χ1v) is 13.9. The highest BCUT2D eigenvalue weighted by Gasteiger charge is 2.49. The van der Waals surface area contributed by atoms with E-state index in [1.165, 1.54) is 30.5 Å². The molecule has 42 heavy (non-hydrogen) atoms. The molecule has 2 aliphatic heterocycles. The van der Waals surface area contributed by atoms with Crippen molar-refractivity contribution in [3.8, 4) is 35.4 Å². The molecule has 1 saturated carbocycles. The number of benzene rings is 2. The van der Waals surface area contributed by atoms with Crippen LogP contribution in [0.3, 0.4) is 0 Å². The van der Waals surface area contributed by atoms with E-state index in [1.807, 2.05) is 0 Å². The highest BCUT2D eigenvalue weighted by Crippen LogP contribution is 2.42. The molecule has 7 rings (SSSR count). The quantitative estimate of drug-likeness (QED) is 0.246. The Morgan fingerprint density at radius 3 is 2.81 bits per heavy atom. The van der Waals surface area contributed by atoms with Gasteiger partial charge in [0.1, 0.15) is 47.5 Å². The van der Waals surface area contributed by atoms with E-state index < -0.39 is 35.6 Å². The second-order valence-electron chi connectivity index (χ2n) is 11.5. The summed E-state index contributed by atoms with van der Waals surface area (Å²) in [7, 11) is 1.66. The SMILES string of the molecule is C#Cc1c(F)ccc2cc(O)cc(-c3ncc4c(N(C)[C@@H]5C[C@@H]5F)nc(OC[C@@]56CCCN5C[C@H](F)C6)nc4c3F)c12. The van der Waals surface area contributed by atoms with Gasteiger partial charge in [0.15, 0.2) is 5.82 Å². The van der Waals surface area contributed by atoms with Crippen molar-refractivity contribution in [2.75, 3.05) is 31.6 Å². The van der Waals surface area contributed by atoms with Gasteiger partial charge in [0.2, 0.25) is 0 Å². The van der Waals surface area contributed by atoms with Crippen molar-refractivity contribution < 1.29 is 27.4 Å². The summed E-state index contributed by atoms with van der Waals surface area (Å²) in [5.74, 6) is 0.830. The number of aromatic nitrogens is 3. The van der Waals surface area contributed by atoms with E-state index in [9.17, 15) is 18.3 Å². The standard InChI is InChI=1S/C31H27F4N5O2/c1-3-19-22(33)6-5-16-9-18(41)10-20(25(16)19)27-26(35)28-21(13-36-27)29(39(2)24-11-23(24)34)38-30(37-28)42-15-31-7-4-8-40(31)14-17(32)12-31/h1,5-6,9-10,13,17,23-24,41H,4,7-8,11-12,14-15H2,2H3/t17-,23+,24-,31+/m1/s1. The van der Waals surface area contributed by atoms with Gasteiger partial charge in [0.05, 0.1) is 22.5 Å². The molecule has 3 aliphatic rings. The molecule has 4 aromatic rings.